The molecule has 0 saturated carbocycles. The van der Waals surface area contributed by atoms with Crippen molar-refractivity contribution in [2.75, 3.05) is 11.9 Å². The topological polar surface area (TPSA) is 83.8 Å². The van der Waals surface area contributed by atoms with Crippen molar-refractivity contribution in [2.24, 2.45) is 5.16 Å². The number of carbonyl (C=O) groups is 1. The van der Waals surface area contributed by atoms with E-state index in [-0.39, 0.29) is 13.2 Å². The number of oxime groups is 1. The number of hydrogen-bond donors (Lipinski definition) is 2. The number of nitrogens with one attached hydrogen (secondary N) is 1. The molecule has 0 spiro atoms. The first-order valence-electron chi connectivity index (χ1n) is 8.05. The number of pyridine rings is 1. The van der Waals surface area contributed by atoms with Crippen LogP contribution in [0, 0.1) is 0 Å². The summed E-state index contributed by atoms with van der Waals surface area (Å²) in [5.74, 6) is -0.483. The maximum Gasteiger partial charge on any atom is 0.416 e. The first kappa shape index (κ1) is 20.2. The number of aryl methyl sites for hydroxylation is 1. The van der Waals surface area contributed by atoms with Crippen molar-refractivity contribution in [1.29, 1.82) is 0 Å². The fraction of sp³-hybridized carbons (Fsp3) is 0.278. The van der Waals surface area contributed by atoms with E-state index in [2.05, 4.69) is 15.5 Å². The van der Waals surface area contributed by atoms with Gasteiger partial charge in [0.25, 0.3) is 0 Å². The molecule has 0 atom stereocenters. The molecule has 1 aromatic carbocycles. The molecule has 0 aliphatic heterocycles. The Hall–Kier alpha value is -3.10. The van der Waals surface area contributed by atoms with Crippen LogP contribution in [0.25, 0.3) is 0 Å². The second kappa shape index (κ2) is 9.56. The van der Waals surface area contributed by atoms with Gasteiger partial charge in [-0.25, -0.2) is 4.98 Å². The maximum atomic E-state index is 12.5. The lowest BCUT2D eigenvalue weighted by Gasteiger charge is -2.07. The summed E-state index contributed by atoms with van der Waals surface area (Å²) in [5.41, 5.74) is 0.839. The van der Waals surface area contributed by atoms with Crippen molar-refractivity contribution < 1.29 is 27.9 Å². The van der Waals surface area contributed by atoms with E-state index < -0.39 is 17.7 Å². The average Bonchev–Trinajstić information content (AvgIpc) is 2.63. The second-order valence-electron chi connectivity index (χ2n) is 5.59. The molecule has 2 rings (SSSR count). The molecule has 0 bridgehead atoms. The molecule has 1 heterocycles. The first-order valence-corrected chi connectivity index (χ1v) is 8.05. The highest BCUT2D eigenvalue weighted by Gasteiger charge is 2.29. The Morgan fingerprint density at radius 2 is 1.89 bits per heavy atom. The van der Waals surface area contributed by atoms with E-state index in [1.807, 2.05) is 6.07 Å². The molecule has 0 aliphatic carbocycles. The Labute approximate surface area is 153 Å². The number of carboxylic acid groups (broad SMARTS) is 1. The van der Waals surface area contributed by atoms with Crippen LogP contribution in [0.4, 0.5) is 19.0 Å². The Kier molecular flexibility index (Phi) is 7.16. The summed E-state index contributed by atoms with van der Waals surface area (Å²) in [6.07, 6.45) is 0.120. The fourth-order valence-corrected chi connectivity index (χ4v) is 2.08. The van der Waals surface area contributed by atoms with Gasteiger partial charge < -0.3 is 15.3 Å². The lowest BCUT2D eigenvalue weighted by molar-refractivity contribution is -0.137. The van der Waals surface area contributed by atoms with Crippen molar-refractivity contribution in [3.8, 4) is 0 Å². The second-order valence-corrected chi connectivity index (χ2v) is 5.59. The molecular formula is C18H18F3N3O3. The summed E-state index contributed by atoms with van der Waals surface area (Å²) in [5, 5.41) is 15.0. The smallest absolute Gasteiger partial charge is 0.416 e. The van der Waals surface area contributed by atoms with E-state index in [0.717, 1.165) is 17.7 Å². The molecule has 2 aromatic rings. The Morgan fingerprint density at radius 1 is 1.19 bits per heavy atom. The highest BCUT2D eigenvalue weighted by molar-refractivity contribution is 5.72. The highest BCUT2D eigenvalue weighted by Crippen LogP contribution is 2.29. The molecule has 0 aliphatic rings. The third kappa shape index (κ3) is 7.35. The summed E-state index contributed by atoms with van der Waals surface area (Å²) in [4.78, 5) is 19.6. The summed E-state index contributed by atoms with van der Waals surface area (Å²) in [6, 6.07) is 8.23. The highest BCUT2D eigenvalue weighted by atomic mass is 19.4. The fourth-order valence-electron chi connectivity index (χ4n) is 2.08. The average molecular weight is 381 g/mol. The summed E-state index contributed by atoms with van der Waals surface area (Å²) < 4.78 is 37.4. The van der Waals surface area contributed by atoms with Crippen LogP contribution in [0.1, 0.15) is 23.1 Å². The van der Waals surface area contributed by atoms with Gasteiger partial charge in [-0.3, -0.25) is 4.79 Å². The molecule has 27 heavy (non-hydrogen) atoms. The molecule has 2 N–H and O–H groups in total. The van der Waals surface area contributed by atoms with Crippen molar-refractivity contribution in [3.05, 3.63) is 59.3 Å². The van der Waals surface area contributed by atoms with E-state index >= 15 is 0 Å². The van der Waals surface area contributed by atoms with E-state index in [9.17, 15) is 18.0 Å². The molecule has 0 amide bonds. The molecule has 0 unspecified atom stereocenters. The number of rotatable bonds is 9. The largest absolute Gasteiger partial charge is 0.480 e. The van der Waals surface area contributed by atoms with Gasteiger partial charge in [0.05, 0.1) is 5.56 Å². The number of nitrogens with zero attached hydrogens (tertiary/aromatic N) is 2. The molecule has 9 heteroatoms. The predicted octanol–water partition coefficient (Wildman–Crippen LogP) is 3.73. The van der Waals surface area contributed by atoms with E-state index in [4.69, 9.17) is 9.94 Å². The quantitative estimate of drug-likeness (QED) is 0.511. The molecule has 0 radical (unpaired) electrons. The summed E-state index contributed by atoms with van der Waals surface area (Å²) in [7, 11) is 0. The molecule has 0 saturated heterocycles. The van der Waals surface area contributed by atoms with Gasteiger partial charge >= 0.3 is 12.1 Å². The van der Waals surface area contributed by atoms with Gasteiger partial charge in [-0.2, -0.15) is 13.2 Å². The zero-order valence-electron chi connectivity index (χ0n) is 14.2. The number of halogens is 3. The lowest BCUT2D eigenvalue weighted by atomic mass is 10.1. The normalized spacial score (nSPS) is 11.5. The van der Waals surface area contributed by atoms with Gasteiger partial charge in [0.1, 0.15) is 19.0 Å². The summed E-state index contributed by atoms with van der Waals surface area (Å²) >= 11 is 0. The first-order chi connectivity index (χ1) is 12.8. The van der Waals surface area contributed by atoms with Crippen LogP contribution in [0.2, 0.25) is 0 Å². The van der Waals surface area contributed by atoms with E-state index in [1.54, 1.807) is 18.5 Å². The van der Waals surface area contributed by atoms with Crippen LogP contribution >= 0.6 is 0 Å². The molecular weight excluding hydrogens is 363 g/mol. The minimum Gasteiger partial charge on any atom is -0.480 e. The van der Waals surface area contributed by atoms with Crippen LogP contribution in [0.15, 0.2) is 47.8 Å². The Morgan fingerprint density at radius 3 is 2.48 bits per heavy atom. The number of anilines is 1. The number of benzene rings is 1. The maximum absolute atomic E-state index is 12.5. The zero-order chi connectivity index (χ0) is 19.7. The van der Waals surface area contributed by atoms with Crippen molar-refractivity contribution in [2.45, 2.75) is 25.6 Å². The third-order valence-corrected chi connectivity index (χ3v) is 3.47. The Balaban J connectivity index is 1.68. The molecule has 144 valence electrons. The minimum atomic E-state index is -4.35. The van der Waals surface area contributed by atoms with E-state index in [0.29, 0.717) is 24.2 Å². The predicted molar refractivity (Wildman–Crippen MR) is 93.4 cm³/mol. The minimum absolute atomic E-state index is 0.0835. The van der Waals surface area contributed by atoms with Gasteiger partial charge in [-0.15, -0.1) is 0 Å². The number of carboxylic acids is 1. The lowest BCUT2D eigenvalue weighted by Crippen LogP contribution is -2.13. The third-order valence-electron chi connectivity index (χ3n) is 3.47. The SMILES string of the molecule is O=C(O)CNc1ccc(CCC=NOCc2ccc(C(F)(F)F)cc2)cn1. The van der Waals surface area contributed by atoms with Crippen molar-refractivity contribution >= 4 is 18.0 Å². The van der Waals surface area contributed by atoms with Gasteiger partial charge in [0, 0.05) is 12.4 Å². The molecule has 6 nitrogen and oxygen atoms in total. The molecule has 1 aromatic heterocycles. The summed E-state index contributed by atoms with van der Waals surface area (Å²) in [6.45, 7) is -0.116. The van der Waals surface area contributed by atoms with Gasteiger partial charge in [-0.05, 0) is 42.2 Å². The van der Waals surface area contributed by atoms with Crippen molar-refractivity contribution in [3.63, 3.8) is 0 Å². The van der Waals surface area contributed by atoms with Crippen LogP contribution < -0.4 is 5.32 Å². The Bertz CT molecular complexity index is 760. The zero-order valence-corrected chi connectivity index (χ0v) is 14.2. The number of aliphatic carboxylic acids is 1. The monoisotopic (exact) mass is 381 g/mol. The van der Waals surface area contributed by atoms with Crippen LogP contribution in [0.3, 0.4) is 0 Å². The van der Waals surface area contributed by atoms with Gasteiger partial charge in [-0.1, -0.05) is 23.4 Å². The van der Waals surface area contributed by atoms with Crippen LogP contribution in [0.5, 0.6) is 0 Å². The van der Waals surface area contributed by atoms with Crippen LogP contribution in [-0.2, 0) is 28.8 Å². The van der Waals surface area contributed by atoms with Crippen LogP contribution in [-0.4, -0.2) is 28.8 Å². The number of alkyl halides is 3. The number of aromatic nitrogens is 1. The van der Waals surface area contributed by atoms with Crippen molar-refractivity contribution in [1.82, 2.24) is 4.98 Å². The van der Waals surface area contributed by atoms with Gasteiger partial charge in [0.15, 0.2) is 0 Å². The van der Waals surface area contributed by atoms with Gasteiger partial charge in [0.2, 0.25) is 0 Å². The van der Waals surface area contributed by atoms with E-state index in [1.165, 1.54) is 12.1 Å². The molecule has 0 fully saturated rings. The number of hydrogen-bond acceptors (Lipinski definition) is 5. The standard InChI is InChI=1S/C18H18F3N3O3/c19-18(20,21)15-6-3-14(4-7-15)12-27-24-9-1-2-13-5-8-16(22-10-13)23-11-17(25)26/h3-10H,1-2,11-12H2,(H,22,23)(H,25,26).